The van der Waals surface area contributed by atoms with Crippen LogP contribution in [0.3, 0.4) is 0 Å². The molecule has 1 fully saturated rings. The van der Waals surface area contributed by atoms with Gasteiger partial charge >= 0.3 is 0 Å². The first kappa shape index (κ1) is 19.9. The zero-order valence-corrected chi connectivity index (χ0v) is 16.3. The van der Waals surface area contributed by atoms with E-state index in [1.807, 2.05) is 37.3 Å². The number of methoxy groups -OCH3 is 1. The fraction of sp³-hybridized carbons (Fsp3) is 0.450. The summed E-state index contributed by atoms with van der Waals surface area (Å²) in [4.78, 5) is 23.0. The van der Waals surface area contributed by atoms with Gasteiger partial charge in [0.25, 0.3) is 0 Å². The number of aromatic nitrogens is 2. The number of carbonyl (C=O) groups excluding carboxylic acids is 1. The third kappa shape index (κ3) is 5.82. The highest BCUT2D eigenvalue weighted by Gasteiger charge is 2.14. The van der Waals surface area contributed by atoms with E-state index in [-0.39, 0.29) is 5.91 Å². The smallest absolute Gasteiger partial charge is 0.224 e. The molecule has 8 nitrogen and oxygen atoms in total. The Hall–Kier alpha value is -2.87. The summed E-state index contributed by atoms with van der Waals surface area (Å²) in [5, 5.41) is 2.86. The summed E-state index contributed by atoms with van der Waals surface area (Å²) >= 11 is 0. The molecule has 1 aromatic carbocycles. The number of amides is 1. The van der Waals surface area contributed by atoms with E-state index in [9.17, 15) is 4.79 Å². The standard InChI is InChI=1S/C20H26N4O4/c1-15-22-18(24-8-11-27-12-9-24)14-20(23-15)28-10-7-21-19(25)13-16-3-5-17(26-2)6-4-16/h3-6,14H,7-13H2,1-2H3,(H,21,25). The molecule has 8 heteroatoms. The van der Waals surface area contributed by atoms with Gasteiger partial charge in [-0.05, 0) is 24.6 Å². The number of benzene rings is 1. The minimum Gasteiger partial charge on any atom is -0.497 e. The second kappa shape index (κ2) is 9.89. The maximum absolute atomic E-state index is 12.1. The number of rotatable bonds is 8. The van der Waals surface area contributed by atoms with E-state index in [4.69, 9.17) is 14.2 Å². The average Bonchev–Trinajstić information content (AvgIpc) is 2.72. The Labute approximate surface area is 164 Å². The van der Waals surface area contributed by atoms with Crippen molar-refractivity contribution in [3.8, 4) is 11.6 Å². The van der Waals surface area contributed by atoms with Gasteiger partial charge in [-0.15, -0.1) is 0 Å². The number of hydrogen-bond donors (Lipinski definition) is 1. The Kier molecular flexibility index (Phi) is 7.02. The predicted octanol–water partition coefficient (Wildman–Crippen LogP) is 1.37. The molecular formula is C20H26N4O4. The van der Waals surface area contributed by atoms with Crippen molar-refractivity contribution in [2.24, 2.45) is 0 Å². The van der Waals surface area contributed by atoms with Gasteiger partial charge in [-0.1, -0.05) is 12.1 Å². The van der Waals surface area contributed by atoms with Gasteiger partial charge in [0.2, 0.25) is 11.8 Å². The number of anilines is 1. The van der Waals surface area contributed by atoms with Crippen LogP contribution in [0.5, 0.6) is 11.6 Å². The number of ether oxygens (including phenoxy) is 3. The van der Waals surface area contributed by atoms with E-state index in [1.165, 1.54) is 0 Å². The van der Waals surface area contributed by atoms with Crippen LogP contribution in [0.4, 0.5) is 5.82 Å². The van der Waals surface area contributed by atoms with Crippen LogP contribution in [-0.4, -0.2) is 62.4 Å². The summed E-state index contributed by atoms with van der Waals surface area (Å²) in [6, 6.07) is 9.28. The highest BCUT2D eigenvalue weighted by molar-refractivity contribution is 5.78. The summed E-state index contributed by atoms with van der Waals surface area (Å²) in [7, 11) is 1.62. The highest BCUT2D eigenvalue weighted by atomic mass is 16.5. The molecule has 0 radical (unpaired) electrons. The Morgan fingerprint density at radius 3 is 2.68 bits per heavy atom. The fourth-order valence-electron chi connectivity index (χ4n) is 2.89. The first-order valence-corrected chi connectivity index (χ1v) is 9.35. The molecule has 0 saturated carbocycles. The first-order valence-electron chi connectivity index (χ1n) is 9.35. The highest BCUT2D eigenvalue weighted by Crippen LogP contribution is 2.18. The van der Waals surface area contributed by atoms with Crippen LogP contribution in [-0.2, 0) is 16.0 Å². The molecule has 1 N–H and O–H groups in total. The number of carbonyl (C=O) groups is 1. The van der Waals surface area contributed by atoms with Crippen LogP contribution >= 0.6 is 0 Å². The minimum atomic E-state index is -0.0540. The third-order valence-electron chi connectivity index (χ3n) is 4.33. The summed E-state index contributed by atoms with van der Waals surface area (Å²) in [6.45, 7) is 5.58. The molecule has 0 spiro atoms. The van der Waals surface area contributed by atoms with Crippen LogP contribution in [0.1, 0.15) is 11.4 Å². The monoisotopic (exact) mass is 386 g/mol. The van der Waals surface area contributed by atoms with Crippen molar-refractivity contribution in [2.45, 2.75) is 13.3 Å². The van der Waals surface area contributed by atoms with Crippen molar-refractivity contribution < 1.29 is 19.0 Å². The third-order valence-corrected chi connectivity index (χ3v) is 4.33. The topological polar surface area (TPSA) is 85.8 Å². The second-order valence-electron chi connectivity index (χ2n) is 6.43. The Balaban J connectivity index is 1.44. The molecule has 1 aromatic heterocycles. The molecule has 0 unspecified atom stereocenters. The van der Waals surface area contributed by atoms with Crippen LogP contribution in [0.25, 0.3) is 0 Å². The molecule has 1 amide bonds. The van der Waals surface area contributed by atoms with Crippen molar-refractivity contribution in [3.05, 3.63) is 41.7 Å². The van der Waals surface area contributed by atoms with Crippen LogP contribution in [0, 0.1) is 6.92 Å². The van der Waals surface area contributed by atoms with Gasteiger partial charge < -0.3 is 24.4 Å². The van der Waals surface area contributed by atoms with Crippen molar-refractivity contribution >= 4 is 11.7 Å². The van der Waals surface area contributed by atoms with Crippen LogP contribution < -0.4 is 19.7 Å². The number of hydrogen-bond acceptors (Lipinski definition) is 7. The molecule has 2 aromatic rings. The number of nitrogens with one attached hydrogen (secondary N) is 1. The lowest BCUT2D eigenvalue weighted by Gasteiger charge is -2.28. The zero-order chi connectivity index (χ0) is 19.8. The normalized spacial score (nSPS) is 13.9. The zero-order valence-electron chi connectivity index (χ0n) is 16.3. The Morgan fingerprint density at radius 2 is 1.96 bits per heavy atom. The summed E-state index contributed by atoms with van der Waals surface area (Å²) in [5.41, 5.74) is 0.931. The summed E-state index contributed by atoms with van der Waals surface area (Å²) in [6.07, 6.45) is 0.317. The van der Waals surface area contributed by atoms with E-state index >= 15 is 0 Å². The lowest BCUT2D eigenvalue weighted by molar-refractivity contribution is -0.120. The summed E-state index contributed by atoms with van der Waals surface area (Å²) in [5.74, 6) is 2.73. The molecule has 28 heavy (non-hydrogen) atoms. The number of nitrogens with zero attached hydrogens (tertiary/aromatic N) is 3. The molecule has 1 aliphatic heterocycles. The quantitative estimate of drug-likeness (QED) is 0.686. The SMILES string of the molecule is COc1ccc(CC(=O)NCCOc2cc(N3CCOCC3)nc(C)n2)cc1. The summed E-state index contributed by atoms with van der Waals surface area (Å²) < 4.78 is 16.2. The van der Waals surface area contributed by atoms with E-state index < -0.39 is 0 Å². The predicted molar refractivity (Wildman–Crippen MR) is 105 cm³/mol. The molecule has 2 heterocycles. The minimum absolute atomic E-state index is 0.0540. The largest absolute Gasteiger partial charge is 0.497 e. The molecule has 0 atom stereocenters. The van der Waals surface area contributed by atoms with E-state index in [2.05, 4.69) is 20.2 Å². The molecule has 1 aliphatic rings. The van der Waals surface area contributed by atoms with Gasteiger partial charge in [0.1, 0.15) is 24.0 Å². The maximum Gasteiger partial charge on any atom is 0.224 e. The number of morpholine rings is 1. The average molecular weight is 386 g/mol. The lowest BCUT2D eigenvalue weighted by atomic mass is 10.1. The second-order valence-corrected chi connectivity index (χ2v) is 6.43. The van der Waals surface area contributed by atoms with Gasteiger partial charge in [0.05, 0.1) is 33.3 Å². The molecule has 3 rings (SSSR count). The van der Waals surface area contributed by atoms with Gasteiger partial charge in [-0.2, -0.15) is 4.98 Å². The maximum atomic E-state index is 12.1. The number of aryl methyl sites for hydroxylation is 1. The molecule has 0 aliphatic carbocycles. The van der Waals surface area contributed by atoms with Crippen LogP contribution in [0.15, 0.2) is 30.3 Å². The van der Waals surface area contributed by atoms with E-state index in [1.54, 1.807) is 7.11 Å². The van der Waals surface area contributed by atoms with Crippen molar-refractivity contribution in [1.82, 2.24) is 15.3 Å². The van der Waals surface area contributed by atoms with Gasteiger partial charge in [0, 0.05) is 19.2 Å². The Morgan fingerprint density at radius 1 is 1.21 bits per heavy atom. The Bertz CT molecular complexity index is 776. The molecule has 0 bridgehead atoms. The van der Waals surface area contributed by atoms with Gasteiger partial charge in [-0.25, -0.2) is 4.98 Å². The lowest BCUT2D eigenvalue weighted by Crippen LogP contribution is -2.37. The van der Waals surface area contributed by atoms with Gasteiger partial charge in [0.15, 0.2) is 0 Å². The van der Waals surface area contributed by atoms with E-state index in [0.717, 1.165) is 30.2 Å². The molecule has 150 valence electrons. The van der Waals surface area contributed by atoms with Crippen molar-refractivity contribution in [3.63, 3.8) is 0 Å². The van der Waals surface area contributed by atoms with Crippen molar-refractivity contribution in [1.29, 1.82) is 0 Å². The van der Waals surface area contributed by atoms with Crippen molar-refractivity contribution in [2.75, 3.05) is 51.5 Å². The van der Waals surface area contributed by atoms with Gasteiger partial charge in [-0.3, -0.25) is 4.79 Å². The molecular weight excluding hydrogens is 360 g/mol. The van der Waals surface area contributed by atoms with Crippen LogP contribution in [0.2, 0.25) is 0 Å². The van der Waals surface area contributed by atoms with E-state index in [0.29, 0.717) is 44.5 Å². The first-order chi connectivity index (χ1) is 13.6. The fourth-order valence-corrected chi connectivity index (χ4v) is 2.89. The molecule has 1 saturated heterocycles.